The number of rotatable bonds is 6. The molecule has 1 aliphatic rings. The smallest absolute Gasteiger partial charge is 0.258 e. The van der Waals surface area contributed by atoms with Gasteiger partial charge in [-0.2, -0.15) is 0 Å². The van der Waals surface area contributed by atoms with E-state index in [2.05, 4.69) is 10.6 Å². The summed E-state index contributed by atoms with van der Waals surface area (Å²) in [4.78, 5) is 24.1. The highest BCUT2D eigenvalue weighted by atomic mass is 16.5. The topological polar surface area (TPSA) is 67.4 Å². The standard InChI is InChI=1S/C20H22N2O3/c23-19(21-16-9-4-5-10-16)14-25-18-12-6-11-17(13-18)22-20(24)15-7-2-1-3-8-15/h1-3,6-8,11-13,16H,4-5,9-10,14H2,(H,21,23)(H,22,24). The van der Waals surface area contributed by atoms with Crippen molar-refractivity contribution in [3.8, 4) is 5.75 Å². The summed E-state index contributed by atoms with van der Waals surface area (Å²) in [5, 5.41) is 5.81. The summed E-state index contributed by atoms with van der Waals surface area (Å²) in [5.41, 5.74) is 1.22. The Bertz CT molecular complexity index is 725. The molecule has 2 aromatic carbocycles. The molecule has 5 nitrogen and oxygen atoms in total. The number of amides is 2. The predicted molar refractivity (Wildman–Crippen MR) is 96.7 cm³/mol. The Morgan fingerprint density at radius 1 is 1.00 bits per heavy atom. The fourth-order valence-corrected chi connectivity index (χ4v) is 2.94. The fourth-order valence-electron chi connectivity index (χ4n) is 2.94. The molecule has 0 radical (unpaired) electrons. The van der Waals surface area contributed by atoms with Gasteiger partial charge >= 0.3 is 0 Å². The number of hydrogen-bond acceptors (Lipinski definition) is 3. The zero-order valence-corrected chi connectivity index (χ0v) is 14.0. The van der Waals surface area contributed by atoms with Gasteiger partial charge < -0.3 is 15.4 Å². The molecule has 0 spiro atoms. The summed E-state index contributed by atoms with van der Waals surface area (Å²) in [6.07, 6.45) is 4.45. The van der Waals surface area contributed by atoms with Crippen molar-refractivity contribution in [3.05, 3.63) is 60.2 Å². The molecule has 0 bridgehead atoms. The summed E-state index contributed by atoms with van der Waals surface area (Å²) in [6, 6.07) is 16.3. The second-order valence-electron chi connectivity index (χ2n) is 6.19. The van der Waals surface area contributed by atoms with E-state index in [9.17, 15) is 9.59 Å². The molecule has 0 aliphatic heterocycles. The predicted octanol–water partition coefficient (Wildman–Crippen LogP) is 3.38. The van der Waals surface area contributed by atoms with Crippen molar-refractivity contribution in [1.82, 2.24) is 5.32 Å². The fraction of sp³-hybridized carbons (Fsp3) is 0.300. The zero-order valence-electron chi connectivity index (χ0n) is 14.0. The first kappa shape index (κ1) is 17.0. The van der Waals surface area contributed by atoms with Gasteiger partial charge in [-0.15, -0.1) is 0 Å². The van der Waals surface area contributed by atoms with Crippen molar-refractivity contribution in [2.24, 2.45) is 0 Å². The molecule has 0 heterocycles. The second-order valence-corrected chi connectivity index (χ2v) is 6.19. The lowest BCUT2D eigenvalue weighted by molar-refractivity contribution is -0.123. The summed E-state index contributed by atoms with van der Waals surface area (Å²) < 4.78 is 5.54. The van der Waals surface area contributed by atoms with E-state index in [-0.39, 0.29) is 24.5 Å². The minimum Gasteiger partial charge on any atom is -0.484 e. The van der Waals surface area contributed by atoms with Crippen LogP contribution >= 0.6 is 0 Å². The van der Waals surface area contributed by atoms with Crippen molar-refractivity contribution in [2.75, 3.05) is 11.9 Å². The normalized spacial score (nSPS) is 14.1. The maximum atomic E-state index is 12.2. The third kappa shape index (κ3) is 5.08. The third-order valence-corrected chi connectivity index (χ3v) is 4.22. The quantitative estimate of drug-likeness (QED) is 0.848. The molecule has 5 heteroatoms. The molecule has 0 aromatic heterocycles. The van der Waals surface area contributed by atoms with E-state index >= 15 is 0 Å². The van der Waals surface area contributed by atoms with Crippen molar-refractivity contribution in [2.45, 2.75) is 31.7 Å². The van der Waals surface area contributed by atoms with Crippen LogP contribution in [0.1, 0.15) is 36.0 Å². The summed E-state index contributed by atoms with van der Waals surface area (Å²) in [7, 11) is 0. The highest BCUT2D eigenvalue weighted by Gasteiger charge is 2.17. The number of anilines is 1. The van der Waals surface area contributed by atoms with Crippen molar-refractivity contribution >= 4 is 17.5 Å². The Labute approximate surface area is 147 Å². The van der Waals surface area contributed by atoms with Gasteiger partial charge in [0.05, 0.1) is 0 Å². The van der Waals surface area contributed by atoms with Gasteiger partial charge in [-0.3, -0.25) is 9.59 Å². The molecule has 2 N–H and O–H groups in total. The molecule has 1 fully saturated rings. The van der Waals surface area contributed by atoms with Gasteiger partial charge in [0.2, 0.25) is 0 Å². The van der Waals surface area contributed by atoms with E-state index in [1.807, 2.05) is 18.2 Å². The molecule has 130 valence electrons. The average molecular weight is 338 g/mol. The average Bonchev–Trinajstić information content (AvgIpc) is 3.14. The monoisotopic (exact) mass is 338 g/mol. The number of benzene rings is 2. The van der Waals surface area contributed by atoms with Crippen LogP contribution in [0.3, 0.4) is 0 Å². The highest BCUT2D eigenvalue weighted by molar-refractivity contribution is 6.04. The van der Waals surface area contributed by atoms with Crippen molar-refractivity contribution in [1.29, 1.82) is 0 Å². The van der Waals surface area contributed by atoms with Crippen LogP contribution in [-0.2, 0) is 4.79 Å². The lowest BCUT2D eigenvalue weighted by atomic mass is 10.2. The summed E-state index contributed by atoms with van der Waals surface area (Å²) in [5.74, 6) is 0.259. The van der Waals surface area contributed by atoms with Crippen LogP contribution in [0.25, 0.3) is 0 Å². The molecule has 1 saturated carbocycles. The van der Waals surface area contributed by atoms with Crippen LogP contribution in [0.4, 0.5) is 5.69 Å². The first-order valence-electron chi connectivity index (χ1n) is 8.59. The van der Waals surface area contributed by atoms with E-state index in [4.69, 9.17) is 4.74 Å². The van der Waals surface area contributed by atoms with Crippen LogP contribution in [0.15, 0.2) is 54.6 Å². The SMILES string of the molecule is O=C(COc1cccc(NC(=O)c2ccccc2)c1)NC1CCCC1. The van der Waals surface area contributed by atoms with Gasteiger partial charge in [-0.05, 0) is 37.1 Å². The number of ether oxygens (including phenoxy) is 1. The van der Waals surface area contributed by atoms with Crippen LogP contribution in [-0.4, -0.2) is 24.5 Å². The van der Waals surface area contributed by atoms with E-state index in [1.54, 1.807) is 36.4 Å². The summed E-state index contributed by atoms with van der Waals surface area (Å²) in [6.45, 7) is -0.0212. The van der Waals surface area contributed by atoms with E-state index in [1.165, 1.54) is 12.8 Å². The van der Waals surface area contributed by atoms with Gasteiger partial charge in [0.25, 0.3) is 11.8 Å². The van der Waals surface area contributed by atoms with Crippen LogP contribution < -0.4 is 15.4 Å². The lowest BCUT2D eigenvalue weighted by Crippen LogP contribution is -2.36. The first-order chi connectivity index (χ1) is 12.2. The van der Waals surface area contributed by atoms with Crippen molar-refractivity contribution in [3.63, 3.8) is 0 Å². The van der Waals surface area contributed by atoms with Gasteiger partial charge in [-0.1, -0.05) is 37.1 Å². The van der Waals surface area contributed by atoms with Gasteiger partial charge in [0.15, 0.2) is 6.61 Å². The minimum atomic E-state index is -0.184. The van der Waals surface area contributed by atoms with E-state index < -0.39 is 0 Å². The number of carbonyl (C=O) groups excluding carboxylic acids is 2. The van der Waals surface area contributed by atoms with E-state index in [0.29, 0.717) is 17.0 Å². The molecule has 2 amide bonds. The van der Waals surface area contributed by atoms with Crippen LogP contribution in [0.5, 0.6) is 5.75 Å². The molecular formula is C20H22N2O3. The Morgan fingerprint density at radius 3 is 2.52 bits per heavy atom. The number of carbonyl (C=O) groups is 2. The molecule has 0 atom stereocenters. The maximum absolute atomic E-state index is 12.2. The molecule has 0 unspecified atom stereocenters. The minimum absolute atomic E-state index is 0.0212. The summed E-state index contributed by atoms with van der Waals surface area (Å²) >= 11 is 0. The van der Waals surface area contributed by atoms with Crippen molar-refractivity contribution < 1.29 is 14.3 Å². The van der Waals surface area contributed by atoms with E-state index in [0.717, 1.165) is 12.8 Å². The Hall–Kier alpha value is -2.82. The zero-order chi connectivity index (χ0) is 17.5. The highest BCUT2D eigenvalue weighted by Crippen LogP contribution is 2.19. The largest absolute Gasteiger partial charge is 0.484 e. The lowest BCUT2D eigenvalue weighted by Gasteiger charge is -2.13. The molecule has 1 aliphatic carbocycles. The maximum Gasteiger partial charge on any atom is 0.258 e. The second kappa shape index (κ2) is 8.33. The Kier molecular flexibility index (Phi) is 5.67. The number of nitrogens with one attached hydrogen (secondary N) is 2. The van der Waals surface area contributed by atoms with Gasteiger partial charge in [-0.25, -0.2) is 0 Å². The third-order valence-electron chi connectivity index (χ3n) is 4.22. The molecule has 25 heavy (non-hydrogen) atoms. The van der Waals surface area contributed by atoms with Crippen LogP contribution in [0, 0.1) is 0 Å². The van der Waals surface area contributed by atoms with Crippen LogP contribution in [0.2, 0.25) is 0 Å². The Balaban J connectivity index is 1.52. The Morgan fingerprint density at radius 2 is 1.76 bits per heavy atom. The molecule has 3 rings (SSSR count). The molecular weight excluding hydrogens is 316 g/mol. The molecule has 0 saturated heterocycles. The van der Waals surface area contributed by atoms with Gasteiger partial charge in [0, 0.05) is 23.4 Å². The molecule has 2 aromatic rings. The van der Waals surface area contributed by atoms with Gasteiger partial charge in [0.1, 0.15) is 5.75 Å². The first-order valence-corrected chi connectivity index (χ1v) is 8.59. The number of hydrogen-bond donors (Lipinski definition) is 2.